The minimum absolute atomic E-state index is 0.979. The Kier molecular flexibility index (Phi) is 5.44. The number of rotatable bonds is 0. The van der Waals surface area contributed by atoms with Gasteiger partial charge in [0.15, 0.2) is 0 Å². The highest BCUT2D eigenvalue weighted by Gasteiger charge is 2.14. The van der Waals surface area contributed by atoms with Crippen molar-refractivity contribution in [3.63, 3.8) is 0 Å². The molecular formula is C32H26. The van der Waals surface area contributed by atoms with Crippen molar-refractivity contribution in [2.45, 2.75) is 12.8 Å². The Morgan fingerprint density at radius 1 is 0.438 bits per heavy atom. The largest absolute Gasteiger partial charge is 0.0949 e. The first-order valence-electron chi connectivity index (χ1n) is 11.1. The standard InChI is InChI=1S/C16H12.C16H14/c1-12-15-8-4-2-6-13(15)10-11-14-7-3-5-9-16(12)14;1-12-10-13-6-2-3-7-14(13)11-15-8-4-5-9-16(12)15/h2-11H,1H2;2-9H,1,10-11H2. The first kappa shape index (κ1) is 20.0. The minimum Gasteiger partial charge on any atom is -0.0949 e. The van der Waals surface area contributed by atoms with Crippen LogP contribution in [0.15, 0.2) is 110 Å². The molecule has 0 spiro atoms. The second-order valence-electron chi connectivity index (χ2n) is 8.37. The van der Waals surface area contributed by atoms with Gasteiger partial charge in [-0.15, -0.1) is 0 Å². The van der Waals surface area contributed by atoms with Crippen LogP contribution >= 0.6 is 0 Å². The highest BCUT2D eigenvalue weighted by atomic mass is 14.2. The van der Waals surface area contributed by atoms with Gasteiger partial charge in [-0.1, -0.05) is 122 Å². The summed E-state index contributed by atoms with van der Waals surface area (Å²) in [6.45, 7) is 8.43. The van der Waals surface area contributed by atoms with Gasteiger partial charge in [0.1, 0.15) is 0 Å². The lowest BCUT2D eigenvalue weighted by Crippen LogP contribution is -1.90. The van der Waals surface area contributed by atoms with E-state index < -0.39 is 0 Å². The fraction of sp³-hybridized carbons (Fsp3) is 0.0625. The smallest absolute Gasteiger partial charge is 0.00169 e. The monoisotopic (exact) mass is 410 g/mol. The molecule has 0 heteroatoms. The summed E-state index contributed by atoms with van der Waals surface area (Å²) in [6, 6.07) is 34.0. The van der Waals surface area contributed by atoms with Crippen molar-refractivity contribution in [1.29, 1.82) is 0 Å². The average molecular weight is 411 g/mol. The van der Waals surface area contributed by atoms with Gasteiger partial charge in [0, 0.05) is 0 Å². The van der Waals surface area contributed by atoms with Crippen LogP contribution in [-0.4, -0.2) is 0 Å². The van der Waals surface area contributed by atoms with Crippen LogP contribution in [0, 0.1) is 0 Å². The quantitative estimate of drug-likeness (QED) is 0.242. The zero-order chi connectivity index (χ0) is 21.9. The molecule has 32 heavy (non-hydrogen) atoms. The Morgan fingerprint density at radius 2 is 0.875 bits per heavy atom. The molecule has 0 amide bonds. The molecule has 0 saturated heterocycles. The lowest BCUT2D eigenvalue weighted by atomic mass is 9.95. The summed E-state index contributed by atoms with van der Waals surface area (Å²) in [6.07, 6.45) is 6.33. The number of hydrogen-bond acceptors (Lipinski definition) is 0. The normalized spacial score (nSPS) is 13.4. The van der Waals surface area contributed by atoms with Gasteiger partial charge < -0.3 is 0 Å². The molecule has 0 bridgehead atoms. The predicted octanol–water partition coefficient (Wildman–Crippen LogP) is 8.08. The van der Waals surface area contributed by atoms with E-state index in [0.29, 0.717) is 0 Å². The molecule has 0 nitrogen and oxygen atoms in total. The summed E-state index contributed by atoms with van der Waals surface area (Å²) < 4.78 is 0. The van der Waals surface area contributed by atoms with Crippen LogP contribution < -0.4 is 0 Å². The van der Waals surface area contributed by atoms with Gasteiger partial charge in [-0.2, -0.15) is 0 Å². The summed E-state index contributed by atoms with van der Waals surface area (Å²) in [4.78, 5) is 0. The molecule has 0 unspecified atom stereocenters. The number of allylic oxidation sites excluding steroid dienone is 1. The summed E-state index contributed by atoms with van der Waals surface area (Å²) in [5.41, 5.74) is 12.9. The van der Waals surface area contributed by atoms with Gasteiger partial charge in [0.2, 0.25) is 0 Å². The molecule has 0 aromatic heterocycles. The highest BCUT2D eigenvalue weighted by Crippen LogP contribution is 2.32. The topological polar surface area (TPSA) is 0 Å². The molecule has 4 aromatic carbocycles. The Balaban J connectivity index is 0.000000135. The molecule has 154 valence electrons. The molecule has 0 heterocycles. The Bertz CT molecular complexity index is 1300. The second-order valence-corrected chi connectivity index (χ2v) is 8.37. The minimum atomic E-state index is 0.979. The molecule has 2 aliphatic carbocycles. The molecule has 6 rings (SSSR count). The third kappa shape index (κ3) is 3.88. The summed E-state index contributed by atoms with van der Waals surface area (Å²) in [5.74, 6) is 0. The fourth-order valence-corrected chi connectivity index (χ4v) is 4.61. The van der Waals surface area contributed by atoms with Crippen molar-refractivity contribution in [2.75, 3.05) is 0 Å². The van der Waals surface area contributed by atoms with Crippen molar-refractivity contribution >= 4 is 23.3 Å². The van der Waals surface area contributed by atoms with Crippen LogP contribution in [-0.2, 0) is 12.8 Å². The molecule has 0 fully saturated rings. The maximum Gasteiger partial charge on any atom is -0.00169 e. The van der Waals surface area contributed by atoms with E-state index in [2.05, 4.69) is 122 Å². The molecule has 4 aromatic rings. The van der Waals surface area contributed by atoms with E-state index >= 15 is 0 Å². The molecule has 0 aliphatic heterocycles. The van der Waals surface area contributed by atoms with E-state index in [1.54, 1.807) is 0 Å². The van der Waals surface area contributed by atoms with E-state index in [1.807, 2.05) is 0 Å². The van der Waals surface area contributed by atoms with E-state index in [-0.39, 0.29) is 0 Å². The zero-order valence-corrected chi connectivity index (χ0v) is 18.2. The van der Waals surface area contributed by atoms with Crippen LogP contribution in [0.2, 0.25) is 0 Å². The van der Waals surface area contributed by atoms with Crippen molar-refractivity contribution in [2.24, 2.45) is 0 Å². The number of hydrogen-bond donors (Lipinski definition) is 0. The van der Waals surface area contributed by atoms with Gasteiger partial charge in [-0.3, -0.25) is 0 Å². The SMILES string of the molecule is C=C1Cc2ccccc2Cc2ccccc21.C=C1c2ccccc2C=Cc2ccccc21. The lowest BCUT2D eigenvalue weighted by Gasteiger charge is -2.09. The molecule has 0 radical (unpaired) electrons. The summed E-state index contributed by atoms with van der Waals surface area (Å²) in [5, 5.41) is 0. The molecule has 0 saturated carbocycles. The van der Waals surface area contributed by atoms with Crippen LogP contribution in [0.4, 0.5) is 0 Å². The molecule has 0 atom stereocenters. The van der Waals surface area contributed by atoms with Gasteiger partial charge >= 0.3 is 0 Å². The highest BCUT2D eigenvalue weighted by molar-refractivity contribution is 5.92. The summed E-state index contributed by atoms with van der Waals surface area (Å²) >= 11 is 0. The Labute approximate surface area is 190 Å². The molecular weight excluding hydrogens is 384 g/mol. The first-order chi connectivity index (χ1) is 15.7. The van der Waals surface area contributed by atoms with E-state index in [1.165, 1.54) is 50.1 Å². The van der Waals surface area contributed by atoms with E-state index in [4.69, 9.17) is 0 Å². The van der Waals surface area contributed by atoms with Gasteiger partial charge in [0.25, 0.3) is 0 Å². The maximum absolute atomic E-state index is 4.22. The zero-order valence-electron chi connectivity index (χ0n) is 18.2. The average Bonchev–Trinajstić information content (AvgIpc) is 3.08. The number of fused-ring (bicyclic) bond motifs is 4. The van der Waals surface area contributed by atoms with Crippen LogP contribution in [0.5, 0.6) is 0 Å². The second kappa shape index (κ2) is 8.69. The van der Waals surface area contributed by atoms with E-state index in [9.17, 15) is 0 Å². The van der Waals surface area contributed by atoms with Crippen molar-refractivity contribution < 1.29 is 0 Å². The maximum atomic E-state index is 4.22. The Hall–Kier alpha value is -3.90. The third-order valence-electron chi connectivity index (χ3n) is 6.32. The molecule has 0 N–H and O–H groups in total. The number of benzene rings is 4. The van der Waals surface area contributed by atoms with Crippen molar-refractivity contribution in [1.82, 2.24) is 0 Å². The molecule has 2 aliphatic rings. The fourth-order valence-electron chi connectivity index (χ4n) is 4.61. The third-order valence-corrected chi connectivity index (χ3v) is 6.32. The predicted molar refractivity (Wildman–Crippen MR) is 138 cm³/mol. The van der Waals surface area contributed by atoms with Crippen molar-refractivity contribution in [3.05, 3.63) is 155 Å². The van der Waals surface area contributed by atoms with Crippen molar-refractivity contribution in [3.8, 4) is 0 Å². The van der Waals surface area contributed by atoms with Crippen LogP contribution in [0.25, 0.3) is 23.3 Å². The van der Waals surface area contributed by atoms with Gasteiger partial charge in [-0.05, 0) is 68.5 Å². The van der Waals surface area contributed by atoms with Gasteiger partial charge in [-0.25, -0.2) is 0 Å². The van der Waals surface area contributed by atoms with Gasteiger partial charge in [0.05, 0.1) is 0 Å². The first-order valence-corrected chi connectivity index (χ1v) is 11.1. The van der Waals surface area contributed by atoms with Crippen LogP contribution in [0.3, 0.4) is 0 Å². The van der Waals surface area contributed by atoms with E-state index in [0.717, 1.165) is 18.4 Å². The summed E-state index contributed by atoms with van der Waals surface area (Å²) in [7, 11) is 0. The Morgan fingerprint density at radius 3 is 1.47 bits per heavy atom. The lowest BCUT2D eigenvalue weighted by molar-refractivity contribution is 1.16. The van der Waals surface area contributed by atoms with Crippen LogP contribution in [0.1, 0.15) is 44.5 Å².